The molecule has 104 valence electrons. The van der Waals surface area contributed by atoms with Crippen LogP contribution in [-0.4, -0.2) is 4.57 Å². The minimum absolute atomic E-state index is 0.866. The molecular weight excluding hydrogens is 232 g/mol. The number of imidazole rings is 1. The molecule has 2 nitrogen and oxygen atoms in total. The maximum atomic E-state index is 2.46. The van der Waals surface area contributed by atoms with E-state index in [-0.39, 0.29) is 0 Å². The van der Waals surface area contributed by atoms with E-state index >= 15 is 0 Å². The van der Waals surface area contributed by atoms with Gasteiger partial charge in [0.1, 0.15) is 12.4 Å². The molecule has 1 fully saturated rings. The van der Waals surface area contributed by atoms with Gasteiger partial charge in [-0.25, -0.2) is 9.13 Å². The highest BCUT2D eigenvalue weighted by molar-refractivity contribution is 5.09. The number of unbranched alkanes of at least 4 members (excludes halogenated alkanes) is 3. The summed E-state index contributed by atoms with van der Waals surface area (Å²) in [7, 11) is 0. The lowest BCUT2D eigenvalue weighted by Crippen LogP contribution is -2.36. The van der Waals surface area contributed by atoms with Gasteiger partial charge in [-0.3, -0.25) is 0 Å². The van der Waals surface area contributed by atoms with Gasteiger partial charge in [0.05, 0.1) is 13.1 Å². The van der Waals surface area contributed by atoms with Gasteiger partial charge < -0.3 is 0 Å². The Morgan fingerprint density at radius 1 is 1.16 bits per heavy atom. The normalized spacial score (nSPS) is 28.4. The lowest BCUT2D eigenvalue weighted by atomic mass is 9.94. The molecule has 0 spiro atoms. The second-order valence-corrected chi connectivity index (χ2v) is 6.45. The van der Waals surface area contributed by atoms with Gasteiger partial charge in [-0.1, -0.05) is 31.9 Å². The first-order valence-electron chi connectivity index (χ1n) is 8.08. The third-order valence-corrected chi connectivity index (χ3v) is 4.88. The van der Waals surface area contributed by atoms with Crippen molar-refractivity contribution < 1.29 is 4.57 Å². The summed E-state index contributed by atoms with van der Waals surface area (Å²) in [5.74, 6) is 2.65. The summed E-state index contributed by atoms with van der Waals surface area (Å²) in [4.78, 5) is 0. The number of hydrogen-bond donors (Lipinski definition) is 0. The minimum atomic E-state index is 0.866. The van der Waals surface area contributed by atoms with Gasteiger partial charge in [-0.2, -0.15) is 0 Å². The van der Waals surface area contributed by atoms with Crippen LogP contribution in [0.1, 0.15) is 45.4 Å². The molecule has 2 aliphatic carbocycles. The van der Waals surface area contributed by atoms with Crippen molar-refractivity contribution >= 4 is 0 Å². The van der Waals surface area contributed by atoms with Crippen LogP contribution >= 0.6 is 0 Å². The fourth-order valence-electron chi connectivity index (χ4n) is 3.78. The summed E-state index contributed by atoms with van der Waals surface area (Å²) in [6.45, 7) is 4.67. The molecule has 3 unspecified atom stereocenters. The molecule has 0 N–H and O–H groups in total. The summed E-state index contributed by atoms with van der Waals surface area (Å²) >= 11 is 0. The van der Waals surface area contributed by atoms with Gasteiger partial charge >= 0.3 is 0 Å². The third kappa shape index (κ3) is 3.10. The molecule has 0 radical (unpaired) electrons. The van der Waals surface area contributed by atoms with Crippen LogP contribution in [0.15, 0.2) is 30.9 Å². The minimum Gasteiger partial charge on any atom is -0.237 e. The second-order valence-electron chi connectivity index (χ2n) is 6.45. The lowest BCUT2D eigenvalue weighted by molar-refractivity contribution is -0.703. The molecule has 19 heavy (non-hydrogen) atoms. The molecule has 0 amide bonds. The van der Waals surface area contributed by atoms with Gasteiger partial charge in [0.2, 0.25) is 6.33 Å². The van der Waals surface area contributed by atoms with E-state index in [4.69, 9.17) is 0 Å². The first-order valence-corrected chi connectivity index (χ1v) is 8.08. The number of aromatic nitrogens is 2. The van der Waals surface area contributed by atoms with E-state index in [1.807, 2.05) is 0 Å². The molecule has 1 saturated carbocycles. The predicted octanol–water partition coefficient (Wildman–Crippen LogP) is 3.57. The van der Waals surface area contributed by atoms with Crippen molar-refractivity contribution in [2.75, 3.05) is 0 Å². The van der Waals surface area contributed by atoms with E-state index in [0.717, 1.165) is 17.8 Å². The molecule has 2 heteroatoms. The van der Waals surface area contributed by atoms with Crippen molar-refractivity contribution in [3.05, 3.63) is 30.9 Å². The molecule has 0 aromatic carbocycles. The molecular formula is C17H27N2+. The van der Waals surface area contributed by atoms with Gasteiger partial charge in [0, 0.05) is 5.92 Å². The largest absolute Gasteiger partial charge is 0.243 e. The van der Waals surface area contributed by atoms with E-state index in [2.05, 4.69) is 46.9 Å². The van der Waals surface area contributed by atoms with Crippen LogP contribution in [0, 0.1) is 17.8 Å². The molecule has 0 aliphatic heterocycles. The third-order valence-electron chi connectivity index (χ3n) is 4.88. The van der Waals surface area contributed by atoms with Crippen LogP contribution < -0.4 is 4.57 Å². The van der Waals surface area contributed by atoms with Crippen LogP contribution in [0.5, 0.6) is 0 Å². The SMILES string of the molecule is CCCCCCn1cc[n+](CC2CC3C=CC2C3)c1. The fourth-order valence-corrected chi connectivity index (χ4v) is 3.78. The molecule has 3 rings (SSSR count). The lowest BCUT2D eigenvalue weighted by Gasteiger charge is -2.15. The quantitative estimate of drug-likeness (QED) is 0.402. The van der Waals surface area contributed by atoms with Gasteiger partial charge in [-0.15, -0.1) is 0 Å². The average Bonchev–Trinajstić information content (AvgIpc) is 3.11. The summed E-state index contributed by atoms with van der Waals surface area (Å²) < 4.78 is 4.76. The first kappa shape index (κ1) is 13.0. The maximum absolute atomic E-state index is 2.46. The number of aryl methyl sites for hydroxylation is 1. The van der Waals surface area contributed by atoms with Crippen LogP contribution in [0.25, 0.3) is 0 Å². The average molecular weight is 259 g/mol. The Morgan fingerprint density at radius 2 is 2.11 bits per heavy atom. The first-order chi connectivity index (χ1) is 9.35. The second kappa shape index (κ2) is 5.94. The summed E-state index contributed by atoms with van der Waals surface area (Å²) in [5, 5.41) is 0. The van der Waals surface area contributed by atoms with Gasteiger partial charge in [0.15, 0.2) is 0 Å². The molecule has 0 saturated heterocycles. The summed E-state index contributed by atoms with van der Waals surface area (Å²) in [6, 6.07) is 0. The molecule has 1 aromatic heterocycles. The number of rotatable bonds is 7. The van der Waals surface area contributed by atoms with Crippen LogP contribution in [0.2, 0.25) is 0 Å². The van der Waals surface area contributed by atoms with Crippen LogP contribution in [0.3, 0.4) is 0 Å². The van der Waals surface area contributed by atoms with Crippen molar-refractivity contribution in [3.8, 4) is 0 Å². The molecule has 2 aliphatic rings. The Bertz CT molecular complexity index is 432. The highest BCUT2D eigenvalue weighted by Crippen LogP contribution is 2.43. The number of allylic oxidation sites excluding steroid dienone is 2. The highest BCUT2D eigenvalue weighted by Gasteiger charge is 2.36. The maximum Gasteiger partial charge on any atom is 0.243 e. The smallest absolute Gasteiger partial charge is 0.237 e. The zero-order valence-corrected chi connectivity index (χ0v) is 12.2. The topological polar surface area (TPSA) is 8.81 Å². The Kier molecular flexibility index (Phi) is 4.05. The van der Waals surface area contributed by atoms with Gasteiger partial charge in [-0.05, 0) is 37.5 Å². The van der Waals surface area contributed by atoms with E-state index < -0.39 is 0 Å². The Balaban J connectivity index is 1.47. The van der Waals surface area contributed by atoms with Crippen molar-refractivity contribution in [3.63, 3.8) is 0 Å². The van der Waals surface area contributed by atoms with Crippen molar-refractivity contribution in [2.24, 2.45) is 17.8 Å². The van der Waals surface area contributed by atoms with Gasteiger partial charge in [0.25, 0.3) is 0 Å². The Hall–Kier alpha value is -1.05. The van der Waals surface area contributed by atoms with E-state index in [0.29, 0.717) is 0 Å². The molecule has 1 aromatic rings. The molecule has 1 heterocycles. The van der Waals surface area contributed by atoms with Crippen LogP contribution in [0.4, 0.5) is 0 Å². The zero-order chi connectivity index (χ0) is 13.1. The zero-order valence-electron chi connectivity index (χ0n) is 12.2. The van der Waals surface area contributed by atoms with Crippen molar-refractivity contribution in [1.82, 2.24) is 4.57 Å². The predicted molar refractivity (Wildman–Crippen MR) is 77.6 cm³/mol. The Morgan fingerprint density at radius 3 is 2.84 bits per heavy atom. The van der Waals surface area contributed by atoms with Crippen molar-refractivity contribution in [1.29, 1.82) is 0 Å². The van der Waals surface area contributed by atoms with Crippen LogP contribution in [-0.2, 0) is 13.1 Å². The summed E-state index contributed by atoms with van der Waals surface area (Å²) in [5.41, 5.74) is 0. The van der Waals surface area contributed by atoms with Crippen molar-refractivity contribution in [2.45, 2.75) is 58.5 Å². The number of hydrogen-bond acceptors (Lipinski definition) is 0. The van der Waals surface area contributed by atoms with E-state index in [1.165, 1.54) is 51.6 Å². The fraction of sp³-hybridized carbons (Fsp3) is 0.706. The Labute approximate surface area is 117 Å². The highest BCUT2D eigenvalue weighted by atomic mass is 15.1. The molecule has 3 atom stereocenters. The number of nitrogens with zero attached hydrogens (tertiary/aromatic N) is 2. The monoisotopic (exact) mass is 259 g/mol. The van der Waals surface area contributed by atoms with E-state index in [1.54, 1.807) is 0 Å². The number of fused-ring (bicyclic) bond motifs is 2. The van der Waals surface area contributed by atoms with E-state index in [9.17, 15) is 0 Å². The summed E-state index contributed by atoms with van der Waals surface area (Å²) in [6.07, 6.45) is 19.9. The molecule has 2 bridgehead atoms. The standard InChI is InChI=1S/C17H27N2/c1-2-3-4-5-8-18-9-10-19(14-18)13-17-12-15-6-7-16(17)11-15/h6-7,9-10,14-17H,2-5,8,11-13H2,1H3/q+1.